The van der Waals surface area contributed by atoms with E-state index in [0.717, 1.165) is 6.07 Å². The number of benzene rings is 3. The standard InChI is InChI=1S/C31H34F2N4O8S/c1-16(2)46(42,43)27-10-8-18(35-31(40)41)13-20(27)24-6-5-11-37(24)30(39)28(17-7-9-25(44-3)26(12-17)45-4)36-23-14-19(29(34)38)21(32)15-22(23)33/h7-10,12-16,24,28,35-36H,5-6,11H2,1-4H3,(H2,34,38)(H,40,41)/t24-,28-/m1/s1. The van der Waals surface area contributed by atoms with Gasteiger partial charge in [0.1, 0.15) is 17.7 Å². The predicted molar refractivity (Wildman–Crippen MR) is 165 cm³/mol. The number of nitrogens with two attached hydrogens (primary N) is 1. The van der Waals surface area contributed by atoms with Gasteiger partial charge in [-0.1, -0.05) is 6.07 Å². The second-order valence-corrected chi connectivity index (χ2v) is 13.3. The zero-order valence-corrected chi connectivity index (χ0v) is 26.3. The molecule has 4 rings (SSSR count). The van der Waals surface area contributed by atoms with Crippen molar-refractivity contribution in [3.63, 3.8) is 0 Å². The number of nitrogens with one attached hydrogen (secondary N) is 2. The van der Waals surface area contributed by atoms with E-state index in [1.807, 2.05) is 0 Å². The van der Waals surface area contributed by atoms with Gasteiger partial charge in [0.2, 0.25) is 5.91 Å². The smallest absolute Gasteiger partial charge is 0.409 e. The first kappa shape index (κ1) is 34.0. The number of hydrogen-bond donors (Lipinski definition) is 4. The monoisotopic (exact) mass is 660 g/mol. The zero-order chi connectivity index (χ0) is 33.9. The van der Waals surface area contributed by atoms with Crippen LogP contribution in [0.15, 0.2) is 53.4 Å². The Kier molecular flexibility index (Phi) is 10.0. The molecule has 0 radical (unpaired) electrons. The fourth-order valence-corrected chi connectivity index (χ4v) is 6.66. The number of ether oxygens (including phenoxy) is 2. The van der Waals surface area contributed by atoms with Crippen molar-refractivity contribution in [1.29, 1.82) is 0 Å². The Labute approximate surface area is 264 Å². The number of rotatable bonds is 11. The molecule has 3 aromatic carbocycles. The average Bonchev–Trinajstić information content (AvgIpc) is 3.49. The molecule has 15 heteroatoms. The lowest BCUT2D eigenvalue weighted by Crippen LogP contribution is -2.38. The van der Waals surface area contributed by atoms with Crippen LogP contribution in [0, 0.1) is 11.6 Å². The van der Waals surface area contributed by atoms with E-state index >= 15 is 4.39 Å². The van der Waals surface area contributed by atoms with Gasteiger partial charge in [-0.25, -0.2) is 22.0 Å². The van der Waals surface area contributed by atoms with Gasteiger partial charge in [0.05, 0.1) is 41.7 Å². The van der Waals surface area contributed by atoms with E-state index in [1.165, 1.54) is 69.4 Å². The summed E-state index contributed by atoms with van der Waals surface area (Å²) in [4.78, 5) is 39.1. The van der Waals surface area contributed by atoms with Crippen LogP contribution in [0.2, 0.25) is 0 Å². The molecule has 1 aliphatic rings. The molecule has 0 saturated carbocycles. The molecule has 1 fully saturated rings. The summed E-state index contributed by atoms with van der Waals surface area (Å²) < 4.78 is 66.9. The quantitative estimate of drug-likeness (QED) is 0.223. The van der Waals surface area contributed by atoms with Crippen molar-refractivity contribution in [2.24, 2.45) is 5.73 Å². The lowest BCUT2D eigenvalue weighted by atomic mass is 10.00. The number of sulfone groups is 1. The maximum absolute atomic E-state index is 15.1. The average molecular weight is 661 g/mol. The number of likely N-dealkylation sites (tertiary alicyclic amines) is 1. The van der Waals surface area contributed by atoms with Gasteiger partial charge in [0.25, 0.3) is 5.91 Å². The summed E-state index contributed by atoms with van der Waals surface area (Å²) in [7, 11) is -1.08. The molecule has 0 bridgehead atoms. The third-order valence-corrected chi connectivity index (χ3v) is 9.92. The molecule has 2 atom stereocenters. The molecular formula is C31H34F2N4O8S. The van der Waals surface area contributed by atoms with Gasteiger partial charge in [0, 0.05) is 18.3 Å². The summed E-state index contributed by atoms with van der Waals surface area (Å²) >= 11 is 0. The van der Waals surface area contributed by atoms with Gasteiger partial charge in [-0.2, -0.15) is 0 Å². The number of anilines is 2. The lowest BCUT2D eigenvalue weighted by Gasteiger charge is -2.32. The molecule has 246 valence electrons. The molecular weight excluding hydrogens is 626 g/mol. The molecule has 0 unspecified atom stereocenters. The molecule has 0 aliphatic carbocycles. The highest BCUT2D eigenvalue weighted by atomic mass is 32.2. The summed E-state index contributed by atoms with van der Waals surface area (Å²) in [5.41, 5.74) is 4.86. The first-order valence-corrected chi connectivity index (χ1v) is 15.7. The largest absolute Gasteiger partial charge is 0.493 e. The number of primary amides is 1. The lowest BCUT2D eigenvalue weighted by molar-refractivity contribution is -0.133. The van der Waals surface area contributed by atoms with Crippen LogP contribution in [0.4, 0.5) is 25.0 Å². The first-order chi connectivity index (χ1) is 21.7. The number of nitrogens with zero attached hydrogens (tertiary/aromatic N) is 1. The second kappa shape index (κ2) is 13.6. The van der Waals surface area contributed by atoms with Gasteiger partial charge < -0.3 is 30.5 Å². The molecule has 5 N–H and O–H groups in total. The highest BCUT2D eigenvalue weighted by Gasteiger charge is 2.38. The van der Waals surface area contributed by atoms with Crippen molar-refractivity contribution in [3.8, 4) is 11.5 Å². The van der Waals surface area contributed by atoms with Crippen LogP contribution in [0.25, 0.3) is 0 Å². The Hall–Kier alpha value is -4.92. The number of carboxylic acid groups (broad SMARTS) is 1. The minimum absolute atomic E-state index is 0.0607. The summed E-state index contributed by atoms with van der Waals surface area (Å²) in [6.07, 6.45) is -0.568. The molecule has 1 saturated heterocycles. The third-order valence-electron chi connectivity index (χ3n) is 7.69. The van der Waals surface area contributed by atoms with E-state index in [-0.39, 0.29) is 34.0 Å². The fourth-order valence-electron chi connectivity index (χ4n) is 5.37. The number of amides is 3. The Bertz CT molecular complexity index is 1780. The van der Waals surface area contributed by atoms with E-state index in [9.17, 15) is 32.3 Å². The molecule has 12 nitrogen and oxygen atoms in total. The van der Waals surface area contributed by atoms with Gasteiger partial charge in [-0.15, -0.1) is 0 Å². The molecule has 1 heterocycles. The van der Waals surface area contributed by atoms with Crippen LogP contribution < -0.4 is 25.8 Å². The first-order valence-electron chi connectivity index (χ1n) is 14.1. The van der Waals surface area contributed by atoms with E-state index in [1.54, 1.807) is 0 Å². The van der Waals surface area contributed by atoms with E-state index in [2.05, 4.69) is 10.6 Å². The topological polar surface area (TPSA) is 177 Å². The van der Waals surface area contributed by atoms with Gasteiger partial charge >= 0.3 is 6.09 Å². The van der Waals surface area contributed by atoms with E-state index < -0.39 is 68.0 Å². The summed E-state index contributed by atoms with van der Waals surface area (Å²) in [5, 5.41) is 13.5. The van der Waals surface area contributed by atoms with Crippen molar-refractivity contribution >= 4 is 39.1 Å². The SMILES string of the molecule is COc1ccc([C@@H](Nc2cc(C(N)=O)c(F)cc2F)C(=O)N2CCC[C@@H]2c2cc(NC(=O)O)ccc2S(=O)(=O)C(C)C)cc1OC. The molecule has 0 aromatic heterocycles. The number of carbonyl (C=O) groups is 3. The van der Waals surface area contributed by atoms with Crippen molar-refractivity contribution in [1.82, 2.24) is 4.90 Å². The summed E-state index contributed by atoms with van der Waals surface area (Å²) in [5.74, 6) is -3.47. The normalized spacial score (nSPS) is 15.4. The summed E-state index contributed by atoms with van der Waals surface area (Å²) in [6.45, 7) is 3.19. The second-order valence-electron chi connectivity index (χ2n) is 10.8. The maximum Gasteiger partial charge on any atom is 0.409 e. The summed E-state index contributed by atoms with van der Waals surface area (Å²) in [6, 6.07) is 7.72. The maximum atomic E-state index is 15.1. The van der Waals surface area contributed by atoms with Crippen molar-refractivity contribution in [2.75, 3.05) is 31.4 Å². The van der Waals surface area contributed by atoms with E-state index in [0.29, 0.717) is 24.7 Å². The van der Waals surface area contributed by atoms with Crippen LogP contribution in [0.3, 0.4) is 0 Å². The Morgan fingerprint density at radius 1 is 1.00 bits per heavy atom. The molecule has 3 aromatic rings. The Morgan fingerprint density at radius 2 is 1.70 bits per heavy atom. The minimum atomic E-state index is -3.89. The molecule has 3 amide bonds. The van der Waals surface area contributed by atoms with Crippen molar-refractivity contribution < 1.29 is 46.2 Å². The number of methoxy groups -OCH3 is 2. The Balaban J connectivity index is 1.87. The number of halogens is 2. The third kappa shape index (κ3) is 6.83. The number of hydrogen-bond acceptors (Lipinski definition) is 8. The zero-order valence-electron chi connectivity index (χ0n) is 25.5. The highest BCUT2D eigenvalue weighted by molar-refractivity contribution is 7.92. The molecule has 46 heavy (non-hydrogen) atoms. The fraction of sp³-hybridized carbons (Fsp3) is 0.323. The van der Waals surface area contributed by atoms with Gasteiger partial charge in [-0.3, -0.25) is 14.9 Å². The van der Waals surface area contributed by atoms with Gasteiger partial charge in [-0.05, 0) is 74.2 Å². The van der Waals surface area contributed by atoms with Crippen molar-refractivity contribution in [2.45, 2.75) is 48.9 Å². The minimum Gasteiger partial charge on any atom is -0.493 e. The van der Waals surface area contributed by atoms with Crippen molar-refractivity contribution in [3.05, 3.63) is 76.9 Å². The van der Waals surface area contributed by atoms with Gasteiger partial charge in [0.15, 0.2) is 21.3 Å². The number of carbonyl (C=O) groups excluding carboxylic acids is 2. The predicted octanol–water partition coefficient (Wildman–Crippen LogP) is 4.87. The molecule has 1 aliphatic heterocycles. The van der Waals surface area contributed by atoms with Crippen LogP contribution in [-0.4, -0.2) is 62.3 Å². The van der Waals surface area contributed by atoms with Crippen LogP contribution >= 0.6 is 0 Å². The van der Waals surface area contributed by atoms with Crippen LogP contribution in [0.5, 0.6) is 11.5 Å². The Morgan fingerprint density at radius 3 is 2.30 bits per heavy atom. The van der Waals surface area contributed by atoms with Crippen LogP contribution in [0.1, 0.15) is 60.3 Å². The highest BCUT2D eigenvalue weighted by Crippen LogP contribution is 2.41. The van der Waals surface area contributed by atoms with Crippen LogP contribution in [-0.2, 0) is 14.6 Å². The van der Waals surface area contributed by atoms with E-state index in [4.69, 9.17) is 15.2 Å². The molecule has 0 spiro atoms.